The van der Waals surface area contributed by atoms with Gasteiger partial charge in [-0.2, -0.15) is 4.39 Å². The number of methoxy groups -OCH3 is 1. The zero-order chi connectivity index (χ0) is 15.4. The van der Waals surface area contributed by atoms with Gasteiger partial charge in [0.15, 0.2) is 0 Å². The minimum absolute atomic E-state index is 0.0971. The van der Waals surface area contributed by atoms with E-state index in [0.29, 0.717) is 21.5 Å². The van der Waals surface area contributed by atoms with Crippen molar-refractivity contribution < 1.29 is 18.8 Å². The van der Waals surface area contributed by atoms with Crippen LogP contribution in [0.25, 0.3) is 0 Å². The molecule has 0 aliphatic rings. The van der Waals surface area contributed by atoms with E-state index in [1.807, 2.05) is 0 Å². The summed E-state index contributed by atoms with van der Waals surface area (Å²) < 4.78 is 24.8. The molecule has 0 atom stereocenters. The molecule has 0 aromatic heterocycles. The molecular weight excluding hydrogens is 345 g/mol. The third-order valence-electron chi connectivity index (χ3n) is 2.74. The molecule has 0 bridgehead atoms. The summed E-state index contributed by atoms with van der Waals surface area (Å²) in [6, 6.07) is 8.86. The van der Waals surface area contributed by atoms with Gasteiger partial charge in [-0.3, -0.25) is 10.1 Å². The number of hydrogen-bond donors (Lipinski definition) is 0. The Balaban J connectivity index is 2.10. The lowest BCUT2D eigenvalue weighted by atomic mass is 10.2. The molecule has 0 amide bonds. The molecule has 0 fully saturated rings. The molecule has 0 aliphatic heterocycles. The Morgan fingerprint density at radius 2 is 2.05 bits per heavy atom. The van der Waals surface area contributed by atoms with E-state index in [-0.39, 0.29) is 6.61 Å². The second-order valence-electron chi connectivity index (χ2n) is 4.13. The number of ether oxygens (including phenoxy) is 2. The first-order valence-corrected chi connectivity index (χ1v) is 6.69. The Bertz CT molecular complexity index is 678. The summed E-state index contributed by atoms with van der Waals surface area (Å²) in [5.41, 5.74) is -0.0507. The molecule has 0 radical (unpaired) electrons. The first-order chi connectivity index (χ1) is 10.0. The van der Waals surface area contributed by atoms with E-state index in [4.69, 9.17) is 9.47 Å². The van der Waals surface area contributed by atoms with E-state index in [2.05, 4.69) is 15.9 Å². The number of nitro groups is 1. The summed E-state index contributed by atoms with van der Waals surface area (Å²) in [5.74, 6) is 0.361. The molecule has 2 rings (SSSR count). The number of hydrogen-bond acceptors (Lipinski definition) is 4. The molecule has 110 valence electrons. The molecule has 2 aromatic carbocycles. The van der Waals surface area contributed by atoms with Crippen molar-refractivity contribution in [1.29, 1.82) is 0 Å². The van der Waals surface area contributed by atoms with Crippen LogP contribution in [0.3, 0.4) is 0 Å². The van der Waals surface area contributed by atoms with Gasteiger partial charge in [0.1, 0.15) is 18.1 Å². The van der Waals surface area contributed by atoms with Crippen molar-refractivity contribution in [3.63, 3.8) is 0 Å². The molecule has 0 saturated carbocycles. The Morgan fingerprint density at radius 1 is 1.29 bits per heavy atom. The van der Waals surface area contributed by atoms with Crippen molar-refractivity contribution >= 4 is 21.6 Å². The van der Waals surface area contributed by atoms with E-state index in [0.717, 1.165) is 12.1 Å². The smallest absolute Gasteiger partial charge is 0.304 e. The fourth-order valence-electron chi connectivity index (χ4n) is 1.67. The van der Waals surface area contributed by atoms with E-state index in [1.54, 1.807) is 25.3 Å². The lowest BCUT2D eigenvalue weighted by Crippen LogP contribution is -1.99. The maximum Gasteiger partial charge on any atom is 0.304 e. The lowest BCUT2D eigenvalue weighted by Gasteiger charge is -2.09. The van der Waals surface area contributed by atoms with Gasteiger partial charge >= 0.3 is 5.69 Å². The van der Waals surface area contributed by atoms with Crippen molar-refractivity contribution in [3.8, 4) is 11.5 Å². The third-order valence-corrected chi connectivity index (χ3v) is 3.36. The van der Waals surface area contributed by atoms with Gasteiger partial charge in [-0.05, 0) is 51.8 Å². The molecule has 0 aliphatic carbocycles. The van der Waals surface area contributed by atoms with Gasteiger partial charge < -0.3 is 9.47 Å². The van der Waals surface area contributed by atoms with Crippen LogP contribution in [0.4, 0.5) is 10.1 Å². The first-order valence-electron chi connectivity index (χ1n) is 5.90. The van der Waals surface area contributed by atoms with Gasteiger partial charge in [0, 0.05) is 6.07 Å². The van der Waals surface area contributed by atoms with Crippen molar-refractivity contribution in [2.45, 2.75) is 6.61 Å². The molecule has 0 saturated heterocycles. The third kappa shape index (κ3) is 3.69. The van der Waals surface area contributed by atoms with E-state index in [1.165, 1.54) is 6.07 Å². The highest BCUT2D eigenvalue weighted by Crippen LogP contribution is 2.30. The van der Waals surface area contributed by atoms with Crippen LogP contribution in [0.1, 0.15) is 5.56 Å². The summed E-state index contributed by atoms with van der Waals surface area (Å²) in [4.78, 5) is 9.77. The van der Waals surface area contributed by atoms with E-state index in [9.17, 15) is 14.5 Å². The first kappa shape index (κ1) is 15.2. The highest BCUT2D eigenvalue weighted by atomic mass is 79.9. The molecule has 7 heteroatoms. The minimum Gasteiger partial charge on any atom is -0.497 e. The number of nitro benzene ring substituents is 1. The minimum atomic E-state index is -0.880. The van der Waals surface area contributed by atoms with Crippen molar-refractivity contribution in [2.75, 3.05) is 7.11 Å². The predicted molar refractivity (Wildman–Crippen MR) is 78.1 cm³/mol. The van der Waals surface area contributed by atoms with Crippen LogP contribution >= 0.6 is 15.9 Å². The number of halogens is 2. The van der Waals surface area contributed by atoms with Crippen LogP contribution < -0.4 is 9.47 Å². The Hall–Kier alpha value is -2.15. The maximum atomic E-state index is 13.5. The summed E-state index contributed by atoms with van der Waals surface area (Å²) in [5, 5.41) is 10.5. The largest absolute Gasteiger partial charge is 0.497 e. The Labute approximate surface area is 128 Å². The molecule has 0 unspecified atom stereocenters. The van der Waals surface area contributed by atoms with Crippen LogP contribution in [0, 0.1) is 15.9 Å². The average Bonchev–Trinajstić information content (AvgIpc) is 2.45. The summed E-state index contributed by atoms with van der Waals surface area (Å²) in [6.07, 6.45) is 0. The SMILES string of the molecule is COc1ccc(OCc2ccc([N+](=O)[O-])c(F)c2)c(Br)c1. The zero-order valence-corrected chi connectivity index (χ0v) is 12.6. The van der Waals surface area contributed by atoms with Gasteiger partial charge in [0.05, 0.1) is 16.5 Å². The lowest BCUT2D eigenvalue weighted by molar-refractivity contribution is -0.387. The van der Waals surface area contributed by atoms with Crippen molar-refractivity contribution in [1.82, 2.24) is 0 Å². The Morgan fingerprint density at radius 3 is 2.62 bits per heavy atom. The van der Waals surface area contributed by atoms with Gasteiger partial charge in [0.25, 0.3) is 0 Å². The number of rotatable bonds is 5. The van der Waals surface area contributed by atoms with Crippen molar-refractivity contribution in [3.05, 3.63) is 62.4 Å². The Kier molecular flexibility index (Phi) is 4.74. The molecule has 0 spiro atoms. The summed E-state index contributed by atoms with van der Waals surface area (Å²) in [6.45, 7) is 0.0971. The van der Waals surface area contributed by atoms with Gasteiger partial charge in [-0.25, -0.2) is 0 Å². The standard InChI is InChI=1S/C14H11BrFNO4/c1-20-10-3-5-14(11(15)7-10)21-8-9-2-4-13(17(18)19)12(16)6-9/h2-7H,8H2,1H3. The summed E-state index contributed by atoms with van der Waals surface area (Å²) in [7, 11) is 1.56. The average molecular weight is 356 g/mol. The van der Waals surface area contributed by atoms with E-state index < -0.39 is 16.4 Å². The second kappa shape index (κ2) is 6.53. The number of benzene rings is 2. The van der Waals surface area contributed by atoms with Crippen molar-refractivity contribution in [2.24, 2.45) is 0 Å². The second-order valence-corrected chi connectivity index (χ2v) is 4.98. The van der Waals surface area contributed by atoms with E-state index >= 15 is 0 Å². The fraction of sp³-hybridized carbons (Fsp3) is 0.143. The normalized spacial score (nSPS) is 10.2. The van der Waals surface area contributed by atoms with Gasteiger partial charge in [0.2, 0.25) is 5.82 Å². The molecule has 2 aromatic rings. The number of nitrogens with zero attached hydrogens (tertiary/aromatic N) is 1. The quantitative estimate of drug-likeness (QED) is 0.598. The fourth-order valence-corrected chi connectivity index (χ4v) is 2.15. The monoisotopic (exact) mass is 355 g/mol. The van der Waals surface area contributed by atoms with Crippen LogP contribution in [0.2, 0.25) is 0 Å². The molecule has 0 N–H and O–H groups in total. The zero-order valence-electron chi connectivity index (χ0n) is 11.0. The molecule has 5 nitrogen and oxygen atoms in total. The summed E-state index contributed by atoms with van der Waals surface area (Å²) >= 11 is 3.34. The highest BCUT2D eigenvalue weighted by molar-refractivity contribution is 9.10. The van der Waals surface area contributed by atoms with Crippen LogP contribution in [0.15, 0.2) is 40.9 Å². The predicted octanol–water partition coefficient (Wildman–Crippen LogP) is 4.08. The van der Waals surface area contributed by atoms with Gasteiger partial charge in [-0.1, -0.05) is 0 Å². The van der Waals surface area contributed by atoms with Crippen LogP contribution in [-0.2, 0) is 6.61 Å². The molecule has 0 heterocycles. The molecular formula is C14H11BrFNO4. The highest BCUT2D eigenvalue weighted by Gasteiger charge is 2.14. The van der Waals surface area contributed by atoms with Crippen LogP contribution in [0.5, 0.6) is 11.5 Å². The topological polar surface area (TPSA) is 61.6 Å². The molecule has 21 heavy (non-hydrogen) atoms. The maximum absolute atomic E-state index is 13.5. The van der Waals surface area contributed by atoms with Crippen LogP contribution in [-0.4, -0.2) is 12.0 Å². The van der Waals surface area contributed by atoms with Gasteiger partial charge in [-0.15, -0.1) is 0 Å².